The molecule has 1 aromatic heterocycles. The Balaban J connectivity index is 2.37. The predicted octanol–water partition coefficient (Wildman–Crippen LogP) is 3.27. The lowest BCUT2D eigenvalue weighted by molar-refractivity contribution is -0.138. The van der Waals surface area contributed by atoms with Crippen molar-refractivity contribution in [1.82, 2.24) is 9.97 Å². The number of anilines is 3. The molecule has 0 atom stereocenters. The number of nitrogens with two attached hydrogens (primary N) is 1. The van der Waals surface area contributed by atoms with E-state index in [4.69, 9.17) is 5.73 Å². The fourth-order valence-electron chi connectivity index (χ4n) is 1.61. The second-order valence-corrected chi connectivity index (χ2v) is 4.08. The fourth-order valence-corrected chi connectivity index (χ4v) is 1.61. The molecule has 0 amide bonds. The largest absolute Gasteiger partial charge is 0.416 e. The minimum absolute atomic E-state index is 0.0555. The quantitative estimate of drug-likeness (QED) is 0.832. The van der Waals surface area contributed by atoms with Crippen molar-refractivity contribution >= 4 is 17.5 Å². The molecule has 0 fully saturated rings. The molecule has 3 N–H and O–H groups in total. The van der Waals surface area contributed by atoms with E-state index in [1.165, 1.54) is 19.1 Å². The van der Waals surface area contributed by atoms with E-state index in [1.54, 1.807) is 0 Å². The third-order valence-electron chi connectivity index (χ3n) is 2.57. The van der Waals surface area contributed by atoms with Gasteiger partial charge >= 0.3 is 6.18 Å². The van der Waals surface area contributed by atoms with Crippen LogP contribution in [-0.2, 0) is 6.18 Å². The molecule has 4 nitrogen and oxygen atoms in total. The number of benzene rings is 1. The van der Waals surface area contributed by atoms with Crippen LogP contribution in [0.4, 0.5) is 35.0 Å². The highest BCUT2D eigenvalue weighted by atomic mass is 19.4. The van der Waals surface area contributed by atoms with Gasteiger partial charge in [0, 0.05) is 5.69 Å². The molecule has 20 heavy (non-hydrogen) atoms. The lowest BCUT2D eigenvalue weighted by Crippen LogP contribution is -2.09. The topological polar surface area (TPSA) is 63.8 Å². The number of halogens is 4. The van der Waals surface area contributed by atoms with Gasteiger partial charge in [0.2, 0.25) is 5.95 Å². The Labute approximate surface area is 111 Å². The summed E-state index contributed by atoms with van der Waals surface area (Å²) in [4.78, 5) is 7.01. The van der Waals surface area contributed by atoms with Crippen molar-refractivity contribution in [2.45, 2.75) is 13.1 Å². The molecule has 2 rings (SSSR count). The van der Waals surface area contributed by atoms with Crippen molar-refractivity contribution in [2.75, 3.05) is 11.1 Å². The van der Waals surface area contributed by atoms with Gasteiger partial charge in [-0.15, -0.1) is 0 Å². The Morgan fingerprint density at radius 3 is 2.60 bits per heavy atom. The van der Waals surface area contributed by atoms with Crippen molar-refractivity contribution in [3.8, 4) is 0 Å². The lowest BCUT2D eigenvalue weighted by Gasteiger charge is -2.13. The van der Waals surface area contributed by atoms with Gasteiger partial charge in [0.1, 0.15) is 0 Å². The standard InChI is InChI=1S/C12H10F4N4/c1-6-2-3-7(4-8(6)12(14,15)16)19-10-9(13)5-18-11(17)20-10/h2-5H,1H3,(H3,17,18,19,20). The SMILES string of the molecule is Cc1ccc(Nc2nc(N)ncc2F)cc1C(F)(F)F. The van der Waals surface area contributed by atoms with Crippen LogP contribution in [0.1, 0.15) is 11.1 Å². The molecule has 0 bridgehead atoms. The molecular formula is C12H10F4N4. The van der Waals surface area contributed by atoms with E-state index in [-0.39, 0.29) is 23.0 Å². The van der Waals surface area contributed by atoms with Gasteiger partial charge in [0.05, 0.1) is 11.8 Å². The fraction of sp³-hybridized carbons (Fsp3) is 0.167. The first kappa shape index (κ1) is 14.0. The molecule has 0 unspecified atom stereocenters. The van der Waals surface area contributed by atoms with Crippen LogP contribution in [0.25, 0.3) is 0 Å². The van der Waals surface area contributed by atoms with Crippen LogP contribution in [0.2, 0.25) is 0 Å². The Kier molecular flexibility index (Phi) is 3.47. The first-order valence-electron chi connectivity index (χ1n) is 5.50. The van der Waals surface area contributed by atoms with Crippen molar-refractivity contribution in [1.29, 1.82) is 0 Å². The zero-order valence-corrected chi connectivity index (χ0v) is 10.3. The molecular weight excluding hydrogens is 276 g/mol. The minimum Gasteiger partial charge on any atom is -0.368 e. The highest BCUT2D eigenvalue weighted by Crippen LogP contribution is 2.34. The van der Waals surface area contributed by atoms with Crippen LogP contribution < -0.4 is 11.1 Å². The zero-order chi connectivity index (χ0) is 14.9. The van der Waals surface area contributed by atoms with Crippen LogP contribution >= 0.6 is 0 Å². The van der Waals surface area contributed by atoms with Gasteiger partial charge in [-0.1, -0.05) is 6.07 Å². The number of hydrogen-bond acceptors (Lipinski definition) is 4. The van der Waals surface area contributed by atoms with Gasteiger partial charge in [0.25, 0.3) is 0 Å². The number of nitrogens with zero attached hydrogens (tertiary/aromatic N) is 2. The van der Waals surface area contributed by atoms with Gasteiger partial charge in [-0.25, -0.2) is 9.37 Å². The third-order valence-corrected chi connectivity index (χ3v) is 2.57. The summed E-state index contributed by atoms with van der Waals surface area (Å²) in [6, 6.07) is 3.56. The normalized spacial score (nSPS) is 11.4. The maximum absolute atomic E-state index is 13.4. The second-order valence-electron chi connectivity index (χ2n) is 4.08. The monoisotopic (exact) mass is 286 g/mol. The highest BCUT2D eigenvalue weighted by Gasteiger charge is 2.32. The molecule has 0 saturated heterocycles. The van der Waals surface area contributed by atoms with E-state index in [2.05, 4.69) is 15.3 Å². The van der Waals surface area contributed by atoms with Gasteiger partial charge in [-0.05, 0) is 24.6 Å². The molecule has 0 aliphatic carbocycles. The van der Waals surface area contributed by atoms with Gasteiger partial charge in [-0.3, -0.25) is 0 Å². The maximum Gasteiger partial charge on any atom is 0.416 e. The summed E-state index contributed by atoms with van der Waals surface area (Å²) in [5, 5.41) is 2.45. The van der Waals surface area contributed by atoms with Crippen LogP contribution in [0.15, 0.2) is 24.4 Å². The predicted molar refractivity (Wildman–Crippen MR) is 65.9 cm³/mol. The molecule has 0 spiro atoms. The Morgan fingerprint density at radius 1 is 1.25 bits per heavy atom. The van der Waals surface area contributed by atoms with Crippen LogP contribution in [0, 0.1) is 12.7 Å². The van der Waals surface area contributed by atoms with Crippen LogP contribution in [-0.4, -0.2) is 9.97 Å². The van der Waals surface area contributed by atoms with E-state index in [0.717, 1.165) is 12.3 Å². The average molecular weight is 286 g/mol. The summed E-state index contributed by atoms with van der Waals surface area (Å²) in [7, 11) is 0. The summed E-state index contributed by atoms with van der Waals surface area (Å²) in [6.45, 7) is 1.34. The Hall–Kier alpha value is -2.38. The van der Waals surface area contributed by atoms with Gasteiger partial charge in [0.15, 0.2) is 11.6 Å². The Morgan fingerprint density at radius 2 is 1.95 bits per heavy atom. The molecule has 0 aliphatic heterocycles. The van der Waals surface area contributed by atoms with E-state index < -0.39 is 17.6 Å². The van der Waals surface area contributed by atoms with Crippen molar-refractivity contribution < 1.29 is 17.6 Å². The highest BCUT2D eigenvalue weighted by molar-refractivity contribution is 5.59. The smallest absolute Gasteiger partial charge is 0.368 e. The number of aryl methyl sites for hydroxylation is 1. The van der Waals surface area contributed by atoms with Crippen LogP contribution in [0.5, 0.6) is 0 Å². The molecule has 0 saturated carbocycles. The first-order chi connectivity index (χ1) is 9.27. The molecule has 8 heteroatoms. The van der Waals surface area contributed by atoms with Crippen molar-refractivity contribution in [2.24, 2.45) is 0 Å². The van der Waals surface area contributed by atoms with Gasteiger partial charge < -0.3 is 11.1 Å². The first-order valence-corrected chi connectivity index (χ1v) is 5.50. The second kappa shape index (κ2) is 4.95. The molecule has 0 aliphatic rings. The van der Waals surface area contributed by atoms with Crippen LogP contribution in [0.3, 0.4) is 0 Å². The van der Waals surface area contributed by atoms with Crippen molar-refractivity contribution in [3.63, 3.8) is 0 Å². The molecule has 1 aromatic carbocycles. The summed E-state index contributed by atoms with van der Waals surface area (Å²) < 4.78 is 51.7. The lowest BCUT2D eigenvalue weighted by atomic mass is 10.1. The van der Waals surface area contributed by atoms with E-state index >= 15 is 0 Å². The summed E-state index contributed by atoms with van der Waals surface area (Å²) in [5.74, 6) is -1.28. The molecule has 106 valence electrons. The van der Waals surface area contributed by atoms with Gasteiger partial charge in [-0.2, -0.15) is 18.2 Å². The van der Waals surface area contributed by atoms with Crippen molar-refractivity contribution in [3.05, 3.63) is 41.3 Å². The zero-order valence-electron chi connectivity index (χ0n) is 10.3. The number of rotatable bonds is 2. The average Bonchev–Trinajstić information content (AvgIpc) is 2.35. The number of hydrogen-bond donors (Lipinski definition) is 2. The summed E-state index contributed by atoms with van der Waals surface area (Å²) in [6.07, 6.45) is -3.64. The molecule has 1 heterocycles. The number of nitrogens with one attached hydrogen (secondary N) is 1. The molecule has 0 radical (unpaired) electrons. The Bertz CT molecular complexity index is 640. The number of nitrogen functional groups attached to an aromatic ring is 1. The van der Waals surface area contributed by atoms with E-state index in [9.17, 15) is 17.6 Å². The summed E-state index contributed by atoms with van der Waals surface area (Å²) >= 11 is 0. The van der Waals surface area contributed by atoms with E-state index in [1.807, 2.05) is 0 Å². The third kappa shape index (κ3) is 2.95. The number of aromatic nitrogens is 2. The maximum atomic E-state index is 13.4. The molecule has 2 aromatic rings. The number of alkyl halides is 3. The minimum atomic E-state index is -4.48. The summed E-state index contributed by atoms with van der Waals surface area (Å²) in [5.41, 5.74) is 4.62. The van der Waals surface area contributed by atoms with E-state index in [0.29, 0.717) is 0 Å².